The molecule has 2 aromatic carbocycles. The maximum Gasteiger partial charge on any atom is 0.412 e. The number of benzene rings is 2. The molecule has 0 atom stereocenters. The monoisotopic (exact) mass is 342 g/mol. The van der Waals surface area contributed by atoms with Crippen molar-refractivity contribution in [1.82, 2.24) is 0 Å². The van der Waals surface area contributed by atoms with Gasteiger partial charge in [-0.15, -0.1) is 0 Å². The summed E-state index contributed by atoms with van der Waals surface area (Å²) in [7, 11) is 0. The van der Waals surface area contributed by atoms with Crippen molar-refractivity contribution in [3.63, 3.8) is 0 Å². The highest BCUT2D eigenvalue weighted by Crippen LogP contribution is 2.25. The Morgan fingerprint density at radius 3 is 2.65 bits per heavy atom. The van der Waals surface area contributed by atoms with Gasteiger partial charge < -0.3 is 4.74 Å². The van der Waals surface area contributed by atoms with Crippen molar-refractivity contribution < 1.29 is 23.2 Å². The maximum atomic E-state index is 13.1. The quantitative estimate of drug-likeness (QED) is 0.511. The zero-order valence-corrected chi connectivity index (χ0v) is 12.1. The third-order valence-corrected chi connectivity index (χ3v) is 3.05. The molecule has 0 aromatic heterocycles. The molecule has 1 N–H and O–H groups in total. The molecule has 2 rings (SSSR count). The number of anilines is 1. The second-order valence-corrected chi connectivity index (χ2v) is 4.78. The molecule has 6 nitrogen and oxygen atoms in total. The van der Waals surface area contributed by atoms with Crippen LogP contribution in [0, 0.1) is 21.7 Å². The van der Waals surface area contributed by atoms with Crippen LogP contribution in [0.5, 0.6) is 0 Å². The molecule has 0 heterocycles. The number of carbonyl (C=O) groups excluding carboxylic acids is 1. The Kier molecular flexibility index (Phi) is 5.07. The molecule has 0 radical (unpaired) electrons. The van der Waals surface area contributed by atoms with E-state index < -0.39 is 22.7 Å². The molecule has 0 fully saturated rings. The van der Waals surface area contributed by atoms with Crippen LogP contribution in [0.15, 0.2) is 36.4 Å². The van der Waals surface area contributed by atoms with Gasteiger partial charge in [0.05, 0.1) is 15.6 Å². The molecular weight excluding hydrogens is 334 g/mol. The average molecular weight is 343 g/mol. The number of hydrogen-bond donors (Lipinski definition) is 1. The van der Waals surface area contributed by atoms with Gasteiger partial charge in [-0.25, -0.2) is 13.6 Å². The first kappa shape index (κ1) is 16.6. The molecule has 0 unspecified atom stereocenters. The second-order valence-electron chi connectivity index (χ2n) is 4.37. The first-order valence-corrected chi connectivity index (χ1v) is 6.56. The number of hydrogen-bond acceptors (Lipinski definition) is 4. The molecule has 0 saturated carbocycles. The summed E-state index contributed by atoms with van der Waals surface area (Å²) >= 11 is 5.67. The van der Waals surface area contributed by atoms with Crippen LogP contribution in [-0.4, -0.2) is 11.0 Å². The van der Waals surface area contributed by atoms with Crippen molar-refractivity contribution in [3.05, 3.63) is 68.7 Å². The van der Waals surface area contributed by atoms with E-state index in [0.717, 1.165) is 0 Å². The third kappa shape index (κ3) is 4.36. The van der Waals surface area contributed by atoms with E-state index in [4.69, 9.17) is 16.3 Å². The Labute approximate surface area is 133 Å². The summed E-state index contributed by atoms with van der Waals surface area (Å²) in [5.41, 5.74) is 0.0931. The van der Waals surface area contributed by atoms with E-state index >= 15 is 0 Å². The van der Waals surface area contributed by atoms with E-state index in [2.05, 4.69) is 5.32 Å². The van der Waals surface area contributed by atoms with Gasteiger partial charge in [-0.2, -0.15) is 0 Å². The summed E-state index contributed by atoms with van der Waals surface area (Å²) in [6.07, 6.45) is -0.968. The molecule has 1 amide bonds. The number of halogens is 3. The van der Waals surface area contributed by atoms with Gasteiger partial charge in [-0.05, 0) is 11.6 Å². The Bertz CT molecular complexity index is 770. The lowest BCUT2D eigenvalue weighted by Crippen LogP contribution is -2.14. The molecule has 0 aliphatic carbocycles. The summed E-state index contributed by atoms with van der Waals surface area (Å²) in [6.45, 7) is -0.241. The van der Waals surface area contributed by atoms with Gasteiger partial charge in [0.25, 0.3) is 5.69 Å². The molecule has 120 valence electrons. The molecule has 0 saturated heterocycles. The number of nitrogens with one attached hydrogen (secondary N) is 1. The summed E-state index contributed by atoms with van der Waals surface area (Å²) in [4.78, 5) is 21.7. The SMILES string of the molecule is O=C(Nc1cc(F)c(F)cc1Cl)OCc1cccc([N+](=O)[O-])c1. The Balaban J connectivity index is 1.99. The van der Waals surface area contributed by atoms with Crippen molar-refractivity contribution in [1.29, 1.82) is 0 Å². The molecular formula is C14H9ClF2N2O4. The highest BCUT2D eigenvalue weighted by Gasteiger charge is 2.12. The van der Waals surface area contributed by atoms with Crippen LogP contribution < -0.4 is 5.32 Å². The van der Waals surface area contributed by atoms with Gasteiger partial charge >= 0.3 is 6.09 Å². The number of nitro benzene ring substituents is 1. The van der Waals surface area contributed by atoms with Crippen molar-refractivity contribution in [2.24, 2.45) is 0 Å². The van der Waals surface area contributed by atoms with E-state index in [0.29, 0.717) is 17.7 Å². The molecule has 9 heteroatoms. The fourth-order valence-electron chi connectivity index (χ4n) is 1.67. The molecule has 0 spiro atoms. The van der Waals surface area contributed by atoms with Crippen molar-refractivity contribution >= 4 is 29.1 Å². The van der Waals surface area contributed by atoms with Gasteiger partial charge in [0, 0.05) is 18.2 Å². The van der Waals surface area contributed by atoms with E-state index in [1.165, 1.54) is 24.3 Å². The van der Waals surface area contributed by atoms with E-state index in [9.17, 15) is 23.7 Å². The minimum absolute atomic E-state index is 0.143. The van der Waals surface area contributed by atoms with Crippen LogP contribution in [0.3, 0.4) is 0 Å². The number of rotatable bonds is 4. The van der Waals surface area contributed by atoms with Crippen LogP contribution in [0.25, 0.3) is 0 Å². The molecule has 0 aliphatic rings. The number of nitrogens with zero attached hydrogens (tertiary/aromatic N) is 1. The third-order valence-electron chi connectivity index (χ3n) is 2.74. The second kappa shape index (κ2) is 7.01. The van der Waals surface area contributed by atoms with Gasteiger partial charge in [0.2, 0.25) is 0 Å². The Hall–Kier alpha value is -2.74. The van der Waals surface area contributed by atoms with Crippen molar-refractivity contribution in [2.75, 3.05) is 5.32 Å². The van der Waals surface area contributed by atoms with Crippen molar-refractivity contribution in [2.45, 2.75) is 6.61 Å². The number of ether oxygens (including phenoxy) is 1. The molecule has 0 bridgehead atoms. The highest BCUT2D eigenvalue weighted by atomic mass is 35.5. The minimum atomic E-state index is -1.18. The largest absolute Gasteiger partial charge is 0.444 e. The summed E-state index contributed by atoms with van der Waals surface area (Å²) in [5.74, 6) is -2.33. The number of non-ortho nitro benzene ring substituents is 1. The summed E-state index contributed by atoms with van der Waals surface area (Å²) in [5, 5.41) is 12.6. The van der Waals surface area contributed by atoms with Crippen LogP contribution in [0.2, 0.25) is 5.02 Å². The highest BCUT2D eigenvalue weighted by molar-refractivity contribution is 6.33. The maximum absolute atomic E-state index is 13.1. The lowest BCUT2D eigenvalue weighted by atomic mass is 10.2. The fourth-order valence-corrected chi connectivity index (χ4v) is 1.87. The van der Waals surface area contributed by atoms with Gasteiger partial charge in [0.15, 0.2) is 11.6 Å². The van der Waals surface area contributed by atoms with Crippen LogP contribution in [0.1, 0.15) is 5.56 Å². The lowest BCUT2D eigenvalue weighted by molar-refractivity contribution is -0.384. The molecule has 0 aliphatic heterocycles. The van der Waals surface area contributed by atoms with Crippen LogP contribution >= 0.6 is 11.6 Å². The smallest absolute Gasteiger partial charge is 0.412 e. The summed E-state index contributed by atoms with van der Waals surface area (Å²) in [6, 6.07) is 6.95. The van der Waals surface area contributed by atoms with Crippen molar-refractivity contribution in [3.8, 4) is 0 Å². The minimum Gasteiger partial charge on any atom is -0.444 e. The summed E-state index contributed by atoms with van der Waals surface area (Å²) < 4.78 is 30.8. The molecule has 23 heavy (non-hydrogen) atoms. The van der Waals surface area contributed by atoms with Gasteiger partial charge in [-0.3, -0.25) is 15.4 Å². The van der Waals surface area contributed by atoms with Crippen LogP contribution in [0.4, 0.5) is 25.0 Å². The first-order chi connectivity index (χ1) is 10.9. The van der Waals surface area contributed by atoms with E-state index in [1.54, 1.807) is 0 Å². The zero-order chi connectivity index (χ0) is 17.0. The van der Waals surface area contributed by atoms with Gasteiger partial charge in [0.1, 0.15) is 6.61 Å². The average Bonchev–Trinajstić information content (AvgIpc) is 2.51. The Morgan fingerprint density at radius 2 is 1.96 bits per heavy atom. The van der Waals surface area contributed by atoms with Crippen LogP contribution in [-0.2, 0) is 11.3 Å². The predicted molar refractivity (Wildman–Crippen MR) is 78.3 cm³/mol. The molecule has 2 aromatic rings. The standard InChI is InChI=1S/C14H9ClF2N2O4/c15-10-5-11(16)12(17)6-13(10)18-14(20)23-7-8-2-1-3-9(4-8)19(21)22/h1-6H,7H2,(H,18,20). The number of nitro groups is 1. The van der Waals surface area contributed by atoms with Gasteiger partial charge in [-0.1, -0.05) is 23.7 Å². The fraction of sp³-hybridized carbons (Fsp3) is 0.0714. The van der Waals surface area contributed by atoms with E-state index in [-0.39, 0.29) is 23.0 Å². The van der Waals surface area contributed by atoms with E-state index in [1.807, 2.05) is 0 Å². The first-order valence-electron chi connectivity index (χ1n) is 6.18. The Morgan fingerprint density at radius 1 is 1.26 bits per heavy atom. The topological polar surface area (TPSA) is 81.5 Å². The predicted octanol–water partition coefficient (Wildman–Crippen LogP) is 4.28. The number of amides is 1. The number of carbonyl (C=O) groups is 1. The normalized spacial score (nSPS) is 10.2. The lowest BCUT2D eigenvalue weighted by Gasteiger charge is -2.09. The zero-order valence-electron chi connectivity index (χ0n) is 11.4.